The summed E-state index contributed by atoms with van der Waals surface area (Å²) >= 11 is 0. The second-order valence-corrected chi connectivity index (χ2v) is 8.15. The Bertz CT molecular complexity index is 479. The summed E-state index contributed by atoms with van der Waals surface area (Å²) in [7, 11) is -4.59. The van der Waals surface area contributed by atoms with E-state index < -0.39 is 56.8 Å². The maximum atomic E-state index is 13.2. The van der Waals surface area contributed by atoms with Gasteiger partial charge in [-0.05, 0) is 12.6 Å². The highest BCUT2D eigenvalue weighted by molar-refractivity contribution is 6.63. The number of hydrogen-bond acceptors (Lipinski definition) is 2. The van der Waals surface area contributed by atoms with E-state index in [9.17, 15) is 57.1 Å². The van der Waals surface area contributed by atoms with E-state index in [0.717, 1.165) is 0 Å². The van der Waals surface area contributed by atoms with Crippen LogP contribution in [-0.2, 0) is 0 Å². The van der Waals surface area contributed by atoms with Crippen molar-refractivity contribution in [3.05, 3.63) is 0 Å². The van der Waals surface area contributed by atoms with Gasteiger partial charge in [0.05, 0.1) is 0 Å². The predicted octanol–water partition coefficient (Wildman–Crippen LogP) is 4.17. The maximum Gasteiger partial charge on any atom is 0.460 e. The normalized spacial score (nSPS) is 16.3. The Labute approximate surface area is 131 Å². The fourth-order valence-corrected chi connectivity index (χ4v) is 2.14. The molecule has 0 aliphatic rings. The van der Waals surface area contributed by atoms with Crippen molar-refractivity contribution in [1.29, 1.82) is 0 Å². The Balaban J connectivity index is 6.03. The van der Waals surface area contributed by atoms with Crippen LogP contribution in [0.4, 0.5) is 57.1 Å². The first-order chi connectivity index (χ1) is 10.5. The van der Waals surface area contributed by atoms with Crippen LogP contribution in [0.15, 0.2) is 0 Å². The molecular weight excluding hydrogens is 415 g/mol. The third-order valence-electron chi connectivity index (χ3n) is 2.91. The Morgan fingerprint density at radius 1 is 0.600 bits per heavy atom. The molecule has 0 saturated heterocycles. The van der Waals surface area contributed by atoms with Crippen LogP contribution in [0, 0.1) is 0 Å². The Kier molecular flexibility index (Phi) is 5.95. The highest BCUT2D eigenvalue weighted by atomic mass is 28.4. The summed E-state index contributed by atoms with van der Waals surface area (Å²) in [5, 5.41) is 0. The van der Waals surface area contributed by atoms with Gasteiger partial charge in [0.1, 0.15) is 0 Å². The van der Waals surface area contributed by atoms with Crippen LogP contribution >= 0.6 is 0 Å². The first kappa shape index (κ1) is 24.2. The molecule has 2 N–H and O–H groups in total. The standard InChI is InChI=1S/C9H9F13O2Si/c1-25(23,24)3-2-4(10,11)5(12,13)6(14,15)7(16,17)8(18,19)9(20,21)22/h23-24H,2-3H2,1H3. The lowest BCUT2D eigenvalue weighted by Crippen LogP contribution is -2.70. The van der Waals surface area contributed by atoms with Crippen molar-refractivity contribution in [2.45, 2.75) is 54.8 Å². The Hall–Kier alpha value is -0.773. The molecule has 0 saturated carbocycles. The lowest BCUT2D eigenvalue weighted by molar-refractivity contribution is -0.440. The van der Waals surface area contributed by atoms with E-state index in [1.807, 2.05) is 0 Å². The monoisotopic (exact) mass is 424 g/mol. The maximum absolute atomic E-state index is 13.2. The van der Waals surface area contributed by atoms with Crippen LogP contribution in [0.2, 0.25) is 12.6 Å². The van der Waals surface area contributed by atoms with Gasteiger partial charge in [0.25, 0.3) is 0 Å². The summed E-state index contributed by atoms with van der Waals surface area (Å²) in [5.41, 5.74) is 0. The first-order valence-corrected chi connectivity index (χ1v) is 8.46. The van der Waals surface area contributed by atoms with E-state index >= 15 is 0 Å². The zero-order chi connectivity index (χ0) is 20.9. The molecular formula is C9H9F13O2Si. The van der Waals surface area contributed by atoms with Crippen molar-refractivity contribution in [1.82, 2.24) is 0 Å². The van der Waals surface area contributed by atoms with Crippen molar-refractivity contribution in [3.8, 4) is 0 Å². The van der Waals surface area contributed by atoms with Gasteiger partial charge in [0, 0.05) is 6.42 Å². The van der Waals surface area contributed by atoms with Gasteiger partial charge in [-0.3, -0.25) is 0 Å². The van der Waals surface area contributed by atoms with Crippen LogP contribution in [0.1, 0.15) is 6.42 Å². The van der Waals surface area contributed by atoms with Gasteiger partial charge < -0.3 is 9.59 Å². The summed E-state index contributed by atoms with van der Waals surface area (Å²) in [6, 6.07) is -1.69. The Morgan fingerprint density at radius 2 is 0.920 bits per heavy atom. The van der Waals surface area contributed by atoms with E-state index in [2.05, 4.69) is 0 Å². The molecule has 2 nitrogen and oxygen atoms in total. The summed E-state index contributed by atoms with van der Waals surface area (Å²) in [4.78, 5) is 17.5. The van der Waals surface area contributed by atoms with Gasteiger partial charge in [-0.25, -0.2) is 0 Å². The van der Waals surface area contributed by atoms with E-state index in [1.54, 1.807) is 0 Å². The second-order valence-electron chi connectivity index (χ2n) is 5.22. The van der Waals surface area contributed by atoms with E-state index in [1.165, 1.54) is 0 Å². The van der Waals surface area contributed by atoms with Gasteiger partial charge in [0.2, 0.25) is 0 Å². The molecule has 0 spiro atoms. The van der Waals surface area contributed by atoms with Gasteiger partial charge in [-0.15, -0.1) is 0 Å². The molecule has 0 fully saturated rings. The highest BCUT2D eigenvalue weighted by Crippen LogP contribution is 2.60. The van der Waals surface area contributed by atoms with E-state index in [0.29, 0.717) is 6.55 Å². The SMILES string of the molecule is C[Si](O)(O)CCC(F)(F)C(F)(F)C(F)(F)C(F)(F)C(F)(F)C(F)(F)F. The molecule has 0 bridgehead atoms. The third-order valence-corrected chi connectivity index (χ3v) is 4.11. The third kappa shape index (κ3) is 3.99. The molecule has 0 aliphatic heterocycles. The van der Waals surface area contributed by atoms with Crippen LogP contribution in [0.25, 0.3) is 0 Å². The molecule has 0 amide bonds. The lowest BCUT2D eigenvalue weighted by atomic mass is 9.93. The fourth-order valence-electron chi connectivity index (χ4n) is 1.35. The summed E-state index contributed by atoms with van der Waals surface area (Å²) < 4.78 is 165. The predicted molar refractivity (Wildman–Crippen MR) is 56.3 cm³/mol. The summed E-state index contributed by atoms with van der Waals surface area (Å²) in [6.45, 7) is 0.436. The van der Waals surface area contributed by atoms with Crippen LogP contribution in [0.3, 0.4) is 0 Å². The van der Waals surface area contributed by atoms with E-state index in [-0.39, 0.29) is 0 Å². The van der Waals surface area contributed by atoms with Crippen molar-refractivity contribution < 1.29 is 66.7 Å². The summed E-state index contributed by atoms with van der Waals surface area (Å²) in [6.07, 6.45) is -10.0. The molecule has 0 rings (SSSR count). The van der Waals surface area contributed by atoms with Gasteiger partial charge in [0.15, 0.2) is 0 Å². The average Bonchev–Trinajstić information content (AvgIpc) is 2.33. The van der Waals surface area contributed by atoms with Crippen molar-refractivity contribution in [3.63, 3.8) is 0 Å². The minimum Gasteiger partial charge on any atom is -0.411 e. The smallest absolute Gasteiger partial charge is 0.411 e. The van der Waals surface area contributed by atoms with Gasteiger partial charge >= 0.3 is 44.3 Å². The molecule has 0 unspecified atom stereocenters. The Morgan fingerprint density at radius 3 is 1.20 bits per heavy atom. The van der Waals surface area contributed by atoms with Crippen LogP contribution in [-0.4, -0.2) is 53.9 Å². The number of hydrogen-bond donors (Lipinski definition) is 2. The molecule has 25 heavy (non-hydrogen) atoms. The van der Waals surface area contributed by atoms with Crippen LogP contribution < -0.4 is 0 Å². The molecule has 152 valence electrons. The minimum atomic E-state index is -7.94. The van der Waals surface area contributed by atoms with Crippen molar-refractivity contribution in [2.24, 2.45) is 0 Å². The zero-order valence-electron chi connectivity index (χ0n) is 11.7. The van der Waals surface area contributed by atoms with Gasteiger partial charge in [-0.1, -0.05) is 0 Å². The molecule has 0 atom stereocenters. The second kappa shape index (κ2) is 6.14. The molecule has 0 aromatic rings. The van der Waals surface area contributed by atoms with Gasteiger partial charge in [-0.2, -0.15) is 57.1 Å². The molecule has 16 heteroatoms. The number of alkyl halides is 13. The zero-order valence-corrected chi connectivity index (χ0v) is 12.7. The molecule has 0 radical (unpaired) electrons. The quantitative estimate of drug-likeness (QED) is 0.476. The topological polar surface area (TPSA) is 40.5 Å². The molecule has 0 aromatic heterocycles. The molecule has 0 aromatic carbocycles. The lowest BCUT2D eigenvalue weighted by Gasteiger charge is -2.40. The number of halogens is 13. The van der Waals surface area contributed by atoms with Crippen molar-refractivity contribution >= 4 is 8.56 Å². The fraction of sp³-hybridized carbons (Fsp3) is 1.00. The largest absolute Gasteiger partial charge is 0.460 e. The van der Waals surface area contributed by atoms with E-state index in [4.69, 9.17) is 9.59 Å². The minimum absolute atomic E-state index is 0.436. The number of rotatable bonds is 7. The van der Waals surface area contributed by atoms with Crippen LogP contribution in [0.5, 0.6) is 0 Å². The highest BCUT2D eigenvalue weighted by Gasteiger charge is 2.90. The first-order valence-electron chi connectivity index (χ1n) is 5.86. The molecule has 0 heterocycles. The van der Waals surface area contributed by atoms with Crippen molar-refractivity contribution in [2.75, 3.05) is 0 Å². The molecule has 0 aliphatic carbocycles. The summed E-state index contributed by atoms with van der Waals surface area (Å²) in [5.74, 6) is -37.2. The average molecular weight is 424 g/mol.